The van der Waals surface area contributed by atoms with E-state index >= 15 is 0 Å². The zero-order valence-electron chi connectivity index (χ0n) is 12.6. The van der Waals surface area contributed by atoms with Gasteiger partial charge in [-0.25, -0.2) is 13.1 Å². The van der Waals surface area contributed by atoms with Gasteiger partial charge in [0.05, 0.1) is 4.90 Å². The second-order valence-electron chi connectivity index (χ2n) is 5.86. The van der Waals surface area contributed by atoms with Crippen LogP contribution in [-0.4, -0.2) is 28.1 Å². The van der Waals surface area contributed by atoms with Gasteiger partial charge in [0.2, 0.25) is 10.0 Å². The normalized spacial score (nSPS) is 16.9. The smallest absolute Gasteiger partial charge is 0.241 e. The highest BCUT2D eigenvalue weighted by Crippen LogP contribution is 2.23. The lowest BCUT2D eigenvalue weighted by molar-refractivity contribution is 0.354. The van der Waals surface area contributed by atoms with E-state index in [9.17, 15) is 8.42 Å². The zero-order valence-corrected chi connectivity index (χ0v) is 13.4. The van der Waals surface area contributed by atoms with Crippen LogP contribution in [0.3, 0.4) is 0 Å². The molecule has 2 aromatic rings. The Morgan fingerprint density at radius 1 is 1.05 bits per heavy atom. The third-order valence-electron chi connectivity index (χ3n) is 4.34. The summed E-state index contributed by atoms with van der Waals surface area (Å²) in [6.45, 7) is 2.59. The number of fused-ring (bicyclic) bond motifs is 1. The third kappa shape index (κ3) is 3.48. The number of sulfonamides is 1. The number of piperidine rings is 1. The first-order valence-electron chi connectivity index (χ1n) is 7.85. The van der Waals surface area contributed by atoms with Crippen molar-refractivity contribution in [3.05, 3.63) is 42.5 Å². The molecule has 0 aromatic heterocycles. The first-order chi connectivity index (χ1) is 10.7. The molecule has 0 aliphatic carbocycles. The molecule has 1 aliphatic rings. The van der Waals surface area contributed by atoms with E-state index in [0.29, 0.717) is 17.4 Å². The molecular formula is C17H22N2O2S. The minimum atomic E-state index is -3.45. The minimum absolute atomic E-state index is 0.371. The van der Waals surface area contributed by atoms with Crippen LogP contribution in [0.2, 0.25) is 0 Å². The molecule has 0 unspecified atom stereocenters. The topological polar surface area (TPSA) is 58.2 Å². The summed E-state index contributed by atoms with van der Waals surface area (Å²) >= 11 is 0. The van der Waals surface area contributed by atoms with Crippen LogP contribution in [0.15, 0.2) is 47.4 Å². The molecule has 1 fully saturated rings. The van der Waals surface area contributed by atoms with Crippen LogP contribution in [-0.2, 0) is 10.0 Å². The predicted molar refractivity (Wildman–Crippen MR) is 89.3 cm³/mol. The van der Waals surface area contributed by atoms with Crippen molar-refractivity contribution in [2.75, 3.05) is 19.6 Å². The van der Waals surface area contributed by atoms with Crippen LogP contribution in [0.1, 0.15) is 19.3 Å². The summed E-state index contributed by atoms with van der Waals surface area (Å²) in [5.41, 5.74) is 0. The molecule has 1 heterocycles. The van der Waals surface area contributed by atoms with Crippen LogP contribution in [0.4, 0.5) is 0 Å². The molecule has 2 N–H and O–H groups in total. The summed E-state index contributed by atoms with van der Waals surface area (Å²) in [7, 11) is -3.45. The van der Waals surface area contributed by atoms with Gasteiger partial charge in [0, 0.05) is 11.9 Å². The molecule has 0 saturated carbocycles. The predicted octanol–water partition coefficient (Wildman–Crippen LogP) is 2.51. The molecule has 118 valence electrons. The number of nitrogens with one attached hydrogen (secondary N) is 2. The second kappa shape index (κ2) is 6.77. The number of rotatable bonds is 5. The Morgan fingerprint density at radius 2 is 1.77 bits per heavy atom. The molecular weight excluding hydrogens is 296 g/mol. The summed E-state index contributed by atoms with van der Waals surface area (Å²) in [4.78, 5) is 0.371. The Kier molecular flexibility index (Phi) is 4.76. The molecule has 0 spiro atoms. The van der Waals surface area contributed by atoms with E-state index in [2.05, 4.69) is 10.0 Å². The molecule has 0 atom stereocenters. The highest BCUT2D eigenvalue weighted by molar-refractivity contribution is 7.89. The second-order valence-corrected chi connectivity index (χ2v) is 7.59. The van der Waals surface area contributed by atoms with Gasteiger partial charge in [-0.3, -0.25) is 0 Å². The van der Waals surface area contributed by atoms with Gasteiger partial charge in [0.15, 0.2) is 0 Å². The van der Waals surface area contributed by atoms with E-state index in [4.69, 9.17) is 0 Å². The number of benzene rings is 2. The van der Waals surface area contributed by atoms with E-state index in [1.165, 1.54) is 0 Å². The maximum Gasteiger partial charge on any atom is 0.241 e. The monoisotopic (exact) mass is 318 g/mol. The molecule has 5 heteroatoms. The Labute approximate surface area is 132 Å². The molecule has 22 heavy (non-hydrogen) atoms. The molecule has 1 aliphatic heterocycles. The average Bonchev–Trinajstić information content (AvgIpc) is 2.55. The zero-order chi connectivity index (χ0) is 15.4. The van der Waals surface area contributed by atoms with Crippen molar-refractivity contribution in [2.24, 2.45) is 5.92 Å². The van der Waals surface area contributed by atoms with Crippen molar-refractivity contribution < 1.29 is 8.42 Å². The maximum atomic E-state index is 12.6. The van der Waals surface area contributed by atoms with Gasteiger partial charge in [0.25, 0.3) is 0 Å². The summed E-state index contributed by atoms with van der Waals surface area (Å²) < 4.78 is 27.9. The lowest BCUT2D eigenvalue weighted by atomic mass is 9.95. The van der Waals surface area contributed by atoms with Gasteiger partial charge in [-0.05, 0) is 49.7 Å². The summed E-state index contributed by atoms with van der Waals surface area (Å²) in [5, 5.41) is 5.05. The van der Waals surface area contributed by atoms with E-state index in [1.54, 1.807) is 12.1 Å². The van der Waals surface area contributed by atoms with E-state index in [0.717, 1.165) is 43.1 Å². The first kappa shape index (κ1) is 15.5. The number of hydrogen-bond acceptors (Lipinski definition) is 3. The van der Waals surface area contributed by atoms with E-state index < -0.39 is 10.0 Å². The van der Waals surface area contributed by atoms with E-state index in [-0.39, 0.29) is 0 Å². The van der Waals surface area contributed by atoms with Crippen LogP contribution in [0, 0.1) is 5.92 Å². The van der Waals surface area contributed by atoms with Crippen LogP contribution in [0.5, 0.6) is 0 Å². The fourth-order valence-electron chi connectivity index (χ4n) is 3.08. The lowest BCUT2D eigenvalue weighted by Crippen LogP contribution is -2.31. The van der Waals surface area contributed by atoms with E-state index in [1.807, 2.05) is 30.3 Å². The van der Waals surface area contributed by atoms with Crippen molar-refractivity contribution in [1.82, 2.24) is 10.0 Å². The highest BCUT2D eigenvalue weighted by Gasteiger charge is 2.18. The van der Waals surface area contributed by atoms with Gasteiger partial charge < -0.3 is 5.32 Å². The lowest BCUT2D eigenvalue weighted by Gasteiger charge is -2.22. The first-order valence-corrected chi connectivity index (χ1v) is 9.33. The molecule has 0 bridgehead atoms. The van der Waals surface area contributed by atoms with Gasteiger partial charge in [-0.1, -0.05) is 36.4 Å². The largest absolute Gasteiger partial charge is 0.317 e. The van der Waals surface area contributed by atoms with Gasteiger partial charge in [-0.2, -0.15) is 0 Å². The Balaban J connectivity index is 1.71. The fourth-order valence-corrected chi connectivity index (χ4v) is 4.35. The minimum Gasteiger partial charge on any atom is -0.317 e. The van der Waals surface area contributed by atoms with Crippen molar-refractivity contribution in [3.8, 4) is 0 Å². The molecule has 2 aromatic carbocycles. The average molecular weight is 318 g/mol. The number of hydrogen-bond donors (Lipinski definition) is 2. The van der Waals surface area contributed by atoms with Crippen molar-refractivity contribution in [1.29, 1.82) is 0 Å². The van der Waals surface area contributed by atoms with Crippen molar-refractivity contribution in [3.63, 3.8) is 0 Å². The fraction of sp³-hybridized carbons (Fsp3) is 0.412. The van der Waals surface area contributed by atoms with Gasteiger partial charge in [0.1, 0.15) is 0 Å². The van der Waals surface area contributed by atoms with Crippen molar-refractivity contribution in [2.45, 2.75) is 24.2 Å². The highest BCUT2D eigenvalue weighted by atomic mass is 32.2. The maximum absolute atomic E-state index is 12.6. The standard InChI is InChI=1S/C17H22N2O2S/c20-22(21,19-13-10-14-8-11-18-12-9-14)17-7-3-5-15-4-1-2-6-16(15)17/h1-7,14,18-19H,8-13H2. The molecule has 1 saturated heterocycles. The molecule has 0 amide bonds. The SMILES string of the molecule is O=S(=O)(NCCC1CCNCC1)c1cccc2ccccc12. The summed E-state index contributed by atoms with van der Waals surface area (Å²) in [5.74, 6) is 0.622. The molecule has 4 nitrogen and oxygen atoms in total. The van der Waals surface area contributed by atoms with Crippen molar-refractivity contribution >= 4 is 20.8 Å². The molecule has 3 rings (SSSR count). The molecule has 0 radical (unpaired) electrons. The van der Waals surface area contributed by atoms with Gasteiger partial charge in [-0.15, -0.1) is 0 Å². The summed E-state index contributed by atoms with van der Waals surface area (Å²) in [6.07, 6.45) is 3.18. The van der Waals surface area contributed by atoms with Crippen LogP contribution in [0.25, 0.3) is 10.8 Å². The Hall–Kier alpha value is -1.43. The van der Waals surface area contributed by atoms with Gasteiger partial charge >= 0.3 is 0 Å². The van der Waals surface area contributed by atoms with Crippen LogP contribution >= 0.6 is 0 Å². The van der Waals surface area contributed by atoms with Crippen LogP contribution < -0.4 is 10.0 Å². The summed E-state index contributed by atoms with van der Waals surface area (Å²) in [6, 6.07) is 13.0. The Bertz CT molecular complexity index is 732. The quantitative estimate of drug-likeness (QED) is 0.890. The third-order valence-corrected chi connectivity index (χ3v) is 5.86. The Morgan fingerprint density at radius 3 is 2.59 bits per heavy atom.